The maximum atomic E-state index is 11.8. The van der Waals surface area contributed by atoms with E-state index in [1.807, 2.05) is 37.3 Å². The number of aryl methyl sites for hydroxylation is 1. The molecule has 0 aliphatic heterocycles. The van der Waals surface area contributed by atoms with Gasteiger partial charge in [0, 0.05) is 35.5 Å². The molecule has 9 nitrogen and oxygen atoms in total. The Hall–Kier alpha value is -4.27. The van der Waals surface area contributed by atoms with E-state index in [0.29, 0.717) is 28.3 Å². The molecular weight excluding hydrogens is 412 g/mol. The molecule has 2 aromatic carbocycles. The van der Waals surface area contributed by atoms with Gasteiger partial charge in [-0.15, -0.1) is 0 Å². The second-order valence-corrected chi connectivity index (χ2v) is 7.03. The minimum absolute atomic E-state index is 0.112. The Labute approximate surface area is 183 Å². The van der Waals surface area contributed by atoms with Crippen LogP contribution in [0.4, 0.5) is 5.69 Å². The van der Waals surface area contributed by atoms with Crippen LogP contribution in [0.1, 0.15) is 12.5 Å². The maximum Gasteiger partial charge on any atom is 0.344 e. The van der Waals surface area contributed by atoms with Crippen LogP contribution in [0, 0.1) is 17.0 Å². The van der Waals surface area contributed by atoms with Gasteiger partial charge in [0.2, 0.25) is 0 Å². The SMILES string of the molecule is CCOC(=O)COc1ccc([N+](=O)[O-])cc1-c1ccnc2cc(-c3ccc(C)cc3)nn12. The molecule has 0 fully saturated rings. The Balaban J connectivity index is 1.81. The second-order valence-electron chi connectivity index (χ2n) is 7.03. The van der Waals surface area contributed by atoms with Gasteiger partial charge in [-0.05, 0) is 26.0 Å². The summed E-state index contributed by atoms with van der Waals surface area (Å²) in [6.07, 6.45) is 1.60. The van der Waals surface area contributed by atoms with E-state index in [4.69, 9.17) is 9.47 Å². The summed E-state index contributed by atoms with van der Waals surface area (Å²) in [7, 11) is 0. The van der Waals surface area contributed by atoms with Crippen molar-refractivity contribution in [3.8, 4) is 28.3 Å². The van der Waals surface area contributed by atoms with Crippen molar-refractivity contribution in [2.45, 2.75) is 13.8 Å². The molecule has 0 spiro atoms. The molecule has 0 bridgehead atoms. The van der Waals surface area contributed by atoms with Crippen molar-refractivity contribution >= 4 is 17.3 Å². The molecule has 162 valence electrons. The molecule has 4 rings (SSSR count). The number of nitro groups is 1. The molecule has 2 aromatic heterocycles. The van der Waals surface area contributed by atoms with E-state index in [-0.39, 0.29) is 18.9 Å². The molecule has 0 N–H and O–H groups in total. The molecule has 9 heteroatoms. The minimum Gasteiger partial charge on any atom is -0.481 e. The summed E-state index contributed by atoms with van der Waals surface area (Å²) in [5.41, 5.74) is 4.18. The number of ether oxygens (including phenoxy) is 2. The van der Waals surface area contributed by atoms with Gasteiger partial charge in [-0.3, -0.25) is 10.1 Å². The maximum absolute atomic E-state index is 11.8. The van der Waals surface area contributed by atoms with E-state index >= 15 is 0 Å². The first-order valence-electron chi connectivity index (χ1n) is 9.95. The third-order valence-corrected chi connectivity index (χ3v) is 4.81. The molecule has 0 amide bonds. The average Bonchev–Trinajstić information content (AvgIpc) is 3.22. The lowest BCUT2D eigenvalue weighted by molar-refractivity contribution is -0.384. The first kappa shape index (κ1) is 21.0. The average molecular weight is 432 g/mol. The molecule has 0 saturated heterocycles. The van der Waals surface area contributed by atoms with Gasteiger partial charge in [-0.2, -0.15) is 5.10 Å². The van der Waals surface area contributed by atoms with E-state index in [9.17, 15) is 14.9 Å². The largest absolute Gasteiger partial charge is 0.481 e. The zero-order chi connectivity index (χ0) is 22.7. The van der Waals surface area contributed by atoms with E-state index in [2.05, 4.69) is 10.1 Å². The summed E-state index contributed by atoms with van der Waals surface area (Å²) >= 11 is 0. The molecule has 4 aromatic rings. The van der Waals surface area contributed by atoms with Crippen molar-refractivity contribution in [1.82, 2.24) is 14.6 Å². The summed E-state index contributed by atoms with van der Waals surface area (Å²) < 4.78 is 12.1. The van der Waals surface area contributed by atoms with Crippen LogP contribution in [0.25, 0.3) is 28.2 Å². The number of aromatic nitrogens is 3. The zero-order valence-electron chi connectivity index (χ0n) is 17.5. The Kier molecular flexibility index (Phi) is 5.80. The molecule has 32 heavy (non-hydrogen) atoms. The fourth-order valence-electron chi connectivity index (χ4n) is 3.26. The number of nitrogens with zero attached hydrogens (tertiary/aromatic N) is 4. The summed E-state index contributed by atoms with van der Waals surface area (Å²) in [6.45, 7) is 3.62. The van der Waals surface area contributed by atoms with Gasteiger partial charge in [-0.1, -0.05) is 29.8 Å². The number of fused-ring (bicyclic) bond motifs is 1. The van der Waals surface area contributed by atoms with Crippen molar-refractivity contribution in [2.24, 2.45) is 0 Å². The fraction of sp³-hybridized carbons (Fsp3) is 0.174. The number of carbonyl (C=O) groups is 1. The smallest absolute Gasteiger partial charge is 0.344 e. The monoisotopic (exact) mass is 432 g/mol. The number of hydrogen-bond donors (Lipinski definition) is 0. The van der Waals surface area contributed by atoms with E-state index in [1.165, 1.54) is 18.2 Å². The number of non-ortho nitro benzene ring substituents is 1. The fourth-order valence-corrected chi connectivity index (χ4v) is 3.26. The predicted molar refractivity (Wildman–Crippen MR) is 117 cm³/mol. The lowest BCUT2D eigenvalue weighted by Gasteiger charge is -2.12. The second kappa shape index (κ2) is 8.84. The van der Waals surface area contributed by atoms with Gasteiger partial charge in [-0.25, -0.2) is 14.3 Å². The molecule has 2 heterocycles. The Morgan fingerprint density at radius 3 is 2.62 bits per heavy atom. The molecule has 0 aliphatic carbocycles. The van der Waals surface area contributed by atoms with Crippen LogP contribution in [0.2, 0.25) is 0 Å². The van der Waals surface area contributed by atoms with Gasteiger partial charge >= 0.3 is 5.97 Å². The number of carbonyl (C=O) groups excluding carboxylic acids is 1. The van der Waals surface area contributed by atoms with Gasteiger partial charge < -0.3 is 9.47 Å². The molecule has 0 unspecified atom stereocenters. The summed E-state index contributed by atoms with van der Waals surface area (Å²) in [6, 6.07) is 15.6. The number of rotatable bonds is 7. The van der Waals surface area contributed by atoms with Gasteiger partial charge in [0.15, 0.2) is 12.3 Å². The third kappa shape index (κ3) is 4.27. The van der Waals surface area contributed by atoms with E-state index in [1.54, 1.807) is 23.7 Å². The van der Waals surface area contributed by atoms with Crippen molar-refractivity contribution in [3.05, 3.63) is 76.5 Å². The zero-order valence-corrected chi connectivity index (χ0v) is 17.5. The van der Waals surface area contributed by atoms with Crippen LogP contribution in [0.3, 0.4) is 0 Å². The molecular formula is C23H20N4O5. The number of nitro benzene ring substituents is 1. The van der Waals surface area contributed by atoms with Crippen molar-refractivity contribution in [1.29, 1.82) is 0 Å². The van der Waals surface area contributed by atoms with Gasteiger partial charge in [0.05, 0.1) is 22.9 Å². The van der Waals surface area contributed by atoms with Crippen LogP contribution in [0.5, 0.6) is 5.75 Å². The lowest BCUT2D eigenvalue weighted by Crippen LogP contribution is -2.15. The highest BCUT2D eigenvalue weighted by atomic mass is 16.6. The number of hydrogen-bond acceptors (Lipinski definition) is 7. The number of benzene rings is 2. The highest BCUT2D eigenvalue weighted by molar-refractivity contribution is 5.75. The quantitative estimate of drug-likeness (QED) is 0.244. The van der Waals surface area contributed by atoms with Crippen LogP contribution >= 0.6 is 0 Å². The summed E-state index contributed by atoms with van der Waals surface area (Å²) in [5, 5.41) is 16.0. The van der Waals surface area contributed by atoms with Gasteiger partial charge in [0.1, 0.15) is 5.75 Å². The highest BCUT2D eigenvalue weighted by Crippen LogP contribution is 2.34. The van der Waals surface area contributed by atoms with Crippen molar-refractivity contribution in [3.63, 3.8) is 0 Å². The summed E-state index contributed by atoms with van der Waals surface area (Å²) in [4.78, 5) is 27.0. The van der Waals surface area contributed by atoms with Crippen molar-refractivity contribution < 1.29 is 19.2 Å². The molecule has 0 radical (unpaired) electrons. The number of esters is 1. The normalized spacial score (nSPS) is 10.8. The minimum atomic E-state index is -0.530. The molecule has 0 aliphatic rings. The molecule has 0 atom stereocenters. The van der Waals surface area contributed by atoms with Crippen molar-refractivity contribution in [2.75, 3.05) is 13.2 Å². The lowest BCUT2D eigenvalue weighted by atomic mass is 10.1. The Bertz CT molecular complexity index is 1300. The first-order valence-corrected chi connectivity index (χ1v) is 9.95. The van der Waals surface area contributed by atoms with E-state index < -0.39 is 10.9 Å². The third-order valence-electron chi connectivity index (χ3n) is 4.81. The summed E-state index contributed by atoms with van der Waals surface area (Å²) in [5.74, 6) is -0.235. The van der Waals surface area contributed by atoms with Crippen LogP contribution in [-0.2, 0) is 9.53 Å². The Morgan fingerprint density at radius 2 is 1.91 bits per heavy atom. The van der Waals surface area contributed by atoms with Gasteiger partial charge in [0.25, 0.3) is 5.69 Å². The standard InChI is InChI=1S/C23H20N4O5/c1-3-31-23(28)14-32-21-9-8-17(27(29)30)12-18(21)20-10-11-24-22-13-19(25-26(20)22)16-6-4-15(2)5-7-16/h4-13H,3,14H2,1-2H3. The highest BCUT2D eigenvalue weighted by Gasteiger charge is 2.18. The van der Waals surface area contributed by atoms with Crippen LogP contribution in [-0.4, -0.2) is 38.7 Å². The topological polar surface area (TPSA) is 109 Å². The Morgan fingerprint density at radius 1 is 1.12 bits per heavy atom. The predicted octanol–water partition coefficient (Wildman–Crippen LogP) is 4.22. The first-order chi connectivity index (χ1) is 15.5. The van der Waals surface area contributed by atoms with Crippen LogP contribution < -0.4 is 4.74 Å². The molecule has 0 saturated carbocycles. The van der Waals surface area contributed by atoms with Crippen LogP contribution in [0.15, 0.2) is 60.8 Å². The van der Waals surface area contributed by atoms with E-state index in [0.717, 1.165) is 11.1 Å².